The van der Waals surface area contributed by atoms with Crippen molar-refractivity contribution < 1.29 is 75.8 Å². The summed E-state index contributed by atoms with van der Waals surface area (Å²) in [5, 5.41) is 6.78. The molecular weight excluding hydrogens is 1140 g/mol. The Morgan fingerprint density at radius 3 is 1.01 bits per heavy atom. The van der Waals surface area contributed by atoms with Gasteiger partial charge in [0.2, 0.25) is 0 Å². The van der Waals surface area contributed by atoms with Crippen molar-refractivity contribution in [3.05, 3.63) is 102 Å². The van der Waals surface area contributed by atoms with Gasteiger partial charge in [0.05, 0.1) is 219 Å². The Morgan fingerprint density at radius 1 is 0.330 bits per heavy atom. The van der Waals surface area contributed by atoms with Crippen molar-refractivity contribution in [3.63, 3.8) is 0 Å². The Labute approximate surface area is 507 Å². The molecule has 4 aromatic heterocycles. The van der Waals surface area contributed by atoms with E-state index in [0.717, 1.165) is 0 Å². The van der Waals surface area contributed by atoms with Gasteiger partial charge in [-0.1, -0.05) is 18.2 Å². The highest BCUT2D eigenvalue weighted by molar-refractivity contribution is 6.45. The van der Waals surface area contributed by atoms with E-state index in [1.54, 1.807) is 65.0 Å². The van der Waals surface area contributed by atoms with E-state index >= 15 is 19.2 Å². The molecule has 88 heavy (non-hydrogen) atoms. The molecule has 0 aliphatic heterocycles. The second-order valence-electron chi connectivity index (χ2n) is 20.6. The van der Waals surface area contributed by atoms with Gasteiger partial charge >= 0.3 is 0 Å². The molecule has 0 N–H and O–H groups in total. The second kappa shape index (κ2) is 34.7. The first kappa shape index (κ1) is 66.3. The Balaban J connectivity index is 1.09. The first-order valence-corrected chi connectivity index (χ1v) is 29.8. The molecule has 0 radical (unpaired) electrons. The number of nitrogens with zero attached hydrogens (tertiary/aromatic N) is 4. The fraction of sp³-hybridized carbons (Fsp3) is 0.531. The van der Waals surface area contributed by atoms with Gasteiger partial charge in [-0.05, 0) is 52.6 Å². The summed E-state index contributed by atoms with van der Waals surface area (Å²) in [4.78, 5) is 71.3. The Morgan fingerprint density at radius 2 is 0.648 bits per heavy atom. The van der Waals surface area contributed by atoms with Gasteiger partial charge in [-0.3, -0.25) is 33.3 Å². The van der Waals surface area contributed by atoms with Crippen LogP contribution >= 0.6 is 0 Å². The lowest BCUT2D eigenvalue weighted by Gasteiger charge is -2.24. The maximum absolute atomic E-state index is 15.5. The molecule has 0 aliphatic rings. The highest BCUT2D eigenvalue weighted by Gasteiger charge is 2.30. The lowest BCUT2D eigenvalue weighted by Crippen LogP contribution is -2.40. The van der Waals surface area contributed by atoms with E-state index in [2.05, 4.69) is 0 Å². The molecule has 0 fully saturated rings. The van der Waals surface area contributed by atoms with Crippen LogP contribution in [0, 0.1) is 0 Å². The molecule has 24 nitrogen and oxygen atoms in total. The highest BCUT2D eigenvalue weighted by Crippen LogP contribution is 2.49. The van der Waals surface area contributed by atoms with Crippen molar-refractivity contribution in [2.75, 3.05) is 213 Å². The predicted molar refractivity (Wildman–Crippen MR) is 331 cm³/mol. The zero-order chi connectivity index (χ0) is 61.5. The Bertz CT molecular complexity index is 3730. The molecule has 5 aromatic carbocycles. The number of pyridine rings is 4. The van der Waals surface area contributed by atoms with Crippen LogP contribution < -0.4 is 22.2 Å². The average Bonchev–Trinajstić information content (AvgIpc) is 0.677. The van der Waals surface area contributed by atoms with Crippen molar-refractivity contribution in [3.8, 4) is 11.4 Å². The molecule has 4 heterocycles. The number of rotatable bonds is 47. The maximum Gasteiger partial charge on any atom is 0.261 e. The molecule has 0 aliphatic carbocycles. The first-order chi connectivity index (χ1) is 43.3. The molecule has 24 heteroatoms. The van der Waals surface area contributed by atoms with Crippen molar-refractivity contribution in [2.24, 2.45) is 0 Å². The van der Waals surface area contributed by atoms with Gasteiger partial charge < -0.3 is 75.8 Å². The van der Waals surface area contributed by atoms with Crippen LogP contribution in [0.1, 0.15) is 12.1 Å². The fourth-order valence-electron chi connectivity index (χ4n) is 10.9. The van der Waals surface area contributed by atoms with Crippen LogP contribution in [-0.2, 0) is 75.8 Å². The molecule has 0 atom stereocenters. The second-order valence-corrected chi connectivity index (χ2v) is 20.6. The molecule has 0 unspecified atom stereocenters. The molecule has 9 aromatic rings. The number of methoxy groups -OCH3 is 4. The minimum atomic E-state index is -0.867. The lowest BCUT2D eigenvalue weighted by molar-refractivity contribution is -0.0196. The largest absolute Gasteiger partial charge is 0.382 e. The van der Waals surface area contributed by atoms with Gasteiger partial charge in [0.1, 0.15) is 0 Å². The smallest absolute Gasteiger partial charge is 0.261 e. The third-order valence-corrected chi connectivity index (χ3v) is 15.0. The van der Waals surface area contributed by atoms with Crippen LogP contribution in [0.15, 0.2) is 80.0 Å². The summed E-state index contributed by atoms with van der Waals surface area (Å²) < 4.78 is 92.0. The van der Waals surface area contributed by atoms with Gasteiger partial charge in [-0.15, -0.1) is 0 Å². The topological polar surface area (TPSA) is 252 Å². The van der Waals surface area contributed by atoms with Crippen molar-refractivity contribution in [2.45, 2.75) is 12.1 Å². The van der Waals surface area contributed by atoms with Crippen LogP contribution in [-0.4, -0.2) is 233 Å². The number of ether oxygens (including phenoxy) is 16. The molecule has 476 valence electrons. The summed E-state index contributed by atoms with van der Waals surface area (Å²) in [6.45, 7) is 8.10. The lowest BCUT2D eigenvalue weighted by atomic mass is 9.83. The summed E-state index contributed by atoms with van der Waals surface area (Å²) in [5.41, 5.74) is -0.736. The van der Waals surface area contributed by atoms with Crippen molar-refractivity contribution in [1.82, 2.24) is 19.1 Å². The highest BCUT2D eigenvalue weighted by atomic mass is 16.6. The zero-order valence-electron chi connectivity index (χ0n) is 50.7. The van der Waals surface area contributed by atoms with Crippen LogP contribution in [0.25, 0.3) is 86.9 Å². The van der Waals surface area contributed by atoms with E-state index in [1.807, 2.05) is 24.3 Å². The molecule has 0 bridgehead atoms. The standard InChI is InChI=1S/C64H80N4O20/c1-73-13-17-77-21-25-81-29-33-85-39-43(40-86-34-30-82-26-22-78-18-14-74-2)67-61(69)47-10-8-45-46-9-11-48-55-51(38-53-59(57(46)55)58-49(37-50(63(67)71)54(47)56(45)58)60(66-53)52-7-5-6-12-65-52)64(72)68(62(48)70)44(41-87-35-31-83-27-23-79-19-15-75-3)42-88-36-32-84-28-24-80-20-16-76-4/h5-12,37-38,43-44H,13-36,39-42H2,1-4H3. The number of hydrogen-bond acceptors (Lipinski definition) is 22. The predicted octanol–water partition coefficient (Wildman–Crippen LogP) is 4.88. The summed E-state index contributed by atoms with van der Waals surface area (Å²) in [6.07, 6.45) is 1.66. The van der Waals surface area contributed by atoms with Gasteiger partial charge in [-0.2, -0.15) is 0 Å². The van der Waals surface area contributed by atoms with E-state index in [0.29, 0.717) is 182 Å². The first-order valence-electron chi connectivity index (χ1n) is 29.8. The van der Waals surface area contributed by atoms with Crippen molar-refractivity contribution in [1.29, 1.82) is 0 Å². The molecule has 0 saturated carbocycles. The van der Waals surface area contributed by atoms with E-state index in [-0.39, 0.29) is 90.1 Å². The fourth-order valence-corrected chi connectivity index (χ4v) is 10.9. The van der Waals surface area contributed by atoms with E-state index < -0.39 is 34.3 Å². The quantitative estimate of drug-likeness (QED) is 0.0280. The summed E-state index contributed by atoms with van der Waals surface area (Å²) in [7, 11) is 6.43. The summed E-state index contributed by atoms with van der Waals surface area (Å²) in [5.74, 6) is 0. The molecule has 0 saturated heterocycles. The van der Waals surface area contributed by atoms with E-state index in [1.165, 1.54) is 9.13 Å². The van der Waals surface area contributed by atoms with Crippen LogP contribution in [0.3, 0.4) is 0 Å². The normalized spacial score (nSPS) is 12.4. The zero-order valence-corrected chi connectivity index (χ0v) is 50.7. The van der Waals surface area contributed by atoms with Crippen LogP contribution in [0.2, 0.25) is 0 Å². The third kappa shape index (κ3) is 16.1. The van der Waals surface area contributed by atoms with Gasteiger partial charge in [-0.25, -0.2) is 4.98 Å². The van der Waals surface area contributed by atoms with Crippen LogP contribution in [0.5, 0.6) is 0 Å². The monoisotopic (exact) mass is 1220 g/mol. The Kier molecular flexibility index (Phi) is 26.2. The molecular formula is C64H80N4O20. The van der Waals surface area contributed by atoms with Crippen LogP contribution in [0.4, 0.5) is 0 Å². The number of benzene rings is 5. The Hall–Kier alpha value is -6.14. The third-order valence-electron chi connectivity index (χ3n) is 15.0. The number of aromatic nitrogens is 4. The van der Waals surface area contributed by atoms with E-state index in [9.17, 15) is 0 Å². The number of hydrogen-bond donors (Lipinski definition) is 0. The summed E-state index contributed by atoms with van der Waals surface area (Å²) >= 11 is 0. The minimum absolute atomic E-state index is 0.0507. The maximum atomic E-state index is 15.5. The SMILES string of the molecule is COCCOCCOCCOCC(COCCOCCOCCOC)n1c(=O)c2ccc3c4ccc5c(=O)n(C(COCCOCCOCCOC)COCCOCCOCCOC)c(=O)c6cc7c(-c8ccccn8)nc8cc(c1=O)c2c3c8c7c4c56. The minimum Gasteiger partial charge on any atom is -0.382 e. The summed E-state index contributed by atoms with van der Waals surface area (Å²) in [6, 6.07) is 14.5. The molecule has 9 rings (SSSR count). The van der Waals surface area contributed by atoms with Gasteiger partial charge in [0.25, 0.3) is 22.2 Å². The molecule has 0 amide bonds. The van der Waals surface area contributed by atoms with Gasteiger partial charge in [0, 0.05) is 83.1 Å². The number of fused-ring (bicyclic) bond motifs is 1. The van der Waals surface area contributed by atoms with Gasteiger partial charge in [0.15, 0.2) is 0 Å². The van der Waals surface area contributed by atoms with Crippen molar-refractivity contribution >= 4 is 75.5 Å². The molecule has 0 spiro atoms. The average molecular weight is 1230 g/mol. The van der Waals surface area contributed by atoms with E-state index in [4.69, 9.17) is 85.8 Å².